The summed E-state index contributed by atoms with van der Waals surface area (Å²) in [5.41, 5.74) is 1.58. The number of carboxylic acids is 1. The lowest BCUT2D eigenvalue weighted by atomic mass is 9.91. The van der Waals surface area contributed by atoms with E-state index >= 15 is 0 Å². The lowest BCUT2D eigenvalue weighted by Gasteiger charge is -2.15. The molecule has 5 nitrogen and oxygen atoms in total. The van der Waals surface area contributed by atoms with Crippen molar-refractivity contribution in [3.63, 3.8) is 0 Å². The number of imidazole rings is 1. The van der Waals surface area contributed by atoms with Gasteiger partial charge in [-0.25, -0.2) is 4.79 Å². The van der Waals surface area contributed by atoms with Gasteiger partial charge in [0, 0.05) is 12.4 Å². The fraction of sp³-hybridized carbons (Fsp3) is 0.333. The third-order valence-corrected chi connectivity index (χ3v) is 3.81. The van der Waals surface area contributed by atoms with E-state index in [0.717, 1.165) is 24.1 Å². The summed E-state index contributed by atoms with van der Waals surface area (Å²) in [4.78, 5) is 25.3. The summed E-state index contributed by atoms with van der Waals surface area (Å²) in [5.74, 6) is -0.266. The molecule has 1 aromatic heterocycles. The van der Waals surface area contributed by atoms with E-state index in [9.17, 15) is 9.59 Å². The van der Waals surface area contributed by atoms with E-state index in [4.69, 9.17) is 5.11 Å². The fourth-order valence-electron chi connectivity index (χ4n) is 2.67. The van der Waals surface area contributed by atoms with Crippen LogP contribution in [0.15, 0.2) is 41.5 Å². The number of carbonyl (C=O) groups is 1. The topological polar surface area (TPSA) is 75.1 Å². The smallest absolute Gasteiger partial charge is 0.330 e. The molecule has 3 rings (SSSR count). The summed E-state index contributed by atoms with van der Waals surface area (Å²) < 4.78 is 1.52. The van der Waals surface area contributed by atoms with Crippen LogP contribution in [0.2, 0.25) is 0 Å². The SMILES string of the molecule is O=C(O)CC(c1cccc(-n2cc[nH]c2=O)c1)C1CC1. The van der Waals surface area contributed by atoms with Crippen LogP contribution in [0.3, 0.4) is 0 Å². The van der Waals surface area contributed by atoms with Gasteiger partial charge in [0.2, 0.25) is 0 Å². The standard InChI is InChI=1S/C15H16N2O3/c18-14(19)9-13(10-4-5-10)11-2-1-3-12(8-11)17-7-6-16-15(17)20/h1-3,6-8,10,13H,4-5,9H2,(H,16,20)(H,18,19). The predicted molar refractivity (Wildman–Crippen MR) is 74.1 cm³/mol. The van der Waals surface area contributed by atoms with Gasteiger partial charge in [-0.2, -0.15) is 0 Å². The minimum absolute atomic E-state index is 0.0436. The fourth-order valence-corrected chi connectivity index (χ4v) is 2.67. The van der Waals surface area contributed by atoms with E-state index < -0.39 is 5.97 Å². The Morgan fingerprint density at radius 1 is 1.45 bits per heavy atom. The molecule has 0 saturated heterocycles. The molecule has 20 heavy (non-hydrogen) atoms. The number of rotatable bonds is 5. The van der Waals surface area contributed by atoms with Gasteiger partial charge in [-0.3, -0.25) is 9.36 Å². The van der Waals surface area contributed by atoms with Gasteiger partial charge in [0.25, 0.3) is 0 Å². The second-order valence-corrected chi connectivity index (χ2v) is 5.27. The van der Waals surface area contributed by atoms with Crippen LogP contribution < -0.4 is 5.69 Å². The van der Waals surface area contributed by atoms with Crippen molar-refractivity contribution in [2.45, 2.75) is 25.2 Å². The van der Waals surface area contributed by atoms with Crippen LogP contribution in [0.25, 0.3) is 5.69 Å². The van der Waals surface area contributed by atoms with E-state index in [1.54, 1.807) is 12.4 Å². The molecule has 1 aromatic carbocycles. The lowest BCUT2D eigenvalue weighted by molar-refractivity contribution is -0.137. The Labute approximate surface area is 115 Å². The molecular weight excluding hydrogens is 256 g/mol. The average Bonchev–Trinajstić information content (AvgIpc) is 3.18. The molecule has 1 atom stereocenters. The van der Waals surface area contributed by atoms with Crippen LogP contribution in [0.4, 0.5) is 0 Å². The average molecular weight is 272 g/mol. The summed E-state index contributed by atoms with van der Waals surface area (Å²) in [5, 5.41) is 9.06. The molecule has 0 amide bonds. The van der Waals surface area contributed by atoms with Crippen molar-refractivity contribution in [2.75, 3.05) is 0 Å². The molecule has 1 aliphatic rings. The molecule has 2 aromatic rings. The van der Waals surface area contributed by atoms with Crippen molar-refractivity contribution in [2.24, 2.45) is 5.92 Å². The minimum atomic E-state index is -0.772. The summed E-state index contributed by atoms with van der Waals surface area (Å²) in [6, 6.07) is 7.60. The molecule has 0 spiro atoms. The first-order valence-electron chi connectivity index (χ1n) is 6.73. The number of nitrogens with one attached hydrogen (secondary N) is 1. The quantitative estimate of drug-likeness (QED) is 0.875. The van der Waals surface area contributed by atoms with E-state index in [-0.39, 0.29) is 18.0 Å². The Morgan fingerprint density at radius 3 is 2.85 bits per heavy atom. The Bertz CT molecular complexity index is 682. The van der Waals surface area contributed by atoms with Crippen LogP contribution in [0.5, 0.6) is 0 Å². The van der Waals surface area contributed by atoms with Gasteiger partial charge in [-0.15, -0.1) is 0 Å². The first kappa shape index (κ1) is 12.7. The van der Waals surface area contributed by atoms with Crippen molar-refractivity contribution >= 4 is 5.97 Å². The predicted octanol–water partition coefficient (Wildman–Crippen LogP) is 2.13. The van der Waals surface area contributed by atoms with Crippen LogP contribution in [-0.4, -0.2) is 20.6 Å². The van der Waals surface area contributed by atoms with E-state index in [1.807, 2.05) is 24.3 Å². The van der Waals surface area contributed by atoms with Gasteiger partial charge < -0.3 is 10.1 Å². The van der Waals surface area contributed by atoms with E-state index in [0.29, 0.717) is 5.92 Å². The normalized spacial score (nSPS) is 16.0. The Balaban J connectivity index is 1.95. The van der Waals surface area contributed by atoms with Crippen LogP contribution in [-0.2, 0) is 4.79 Å². The summed E-state index contributed by atoms with van der Waals surface area (Å²) in [6.07, 6.45) is 5.59. The maximum atomic E-state index is 11.6. The minimum Gasteiger partial charge on any atom is -0.481 e. The zero-order chi connectivity index (χ0) is 14.1. The number of aromatic nitrogens is 2. The highest BCUT2D eigenvalue weighted by Gasteiger charge is 2.33. The van der Waals surface area contributed by atoms with Gasteiger partial charge in [0.1, 0.15) is 0 Å². The summed E-state index contributed by atoms with van der Waals surface area (Å²) in [7, 11) is 0. The molecule has 1 fully saturated rings. The van der Waals surface area contributed by atoms with Gasteiger partial charge in [-0.1, -0.05) is 12.1 Å². The van der Waals surface area contributed by atoms with Gasteiger partial charge in [0.05, 0.1) is 12.1 Å². The number of H-pyrrole nitrogens is 1. The zero-order valence-corrected chi connectivity index (χ0v) is 11.0. The van der Waals surface area contributed by atoms with E-state index in [2.05, 4.69) is 4.98 Å². The molecule has 1 heterocycles. The van der Waals surface area contributed by atoms with Gasteiger partial charge in [-0.05, 0) is 42.4 Å². The Kier molecular flexibility index (Phi) is 3.18. The second-order valence-electron chi connectivity index (χ2n) is 5.27. The molecule has 0 bridgehead atoms. The van der Waals surface area contributed by atoms with Crippen molar-refractivity contribution in [3.05, 3.63) is 52.7 Å². The zero-order valence-electron chi connectivity index (χ0n) is 11.0. The second kappa shape index (κ2) is 5.00. The highest BCUT2D eigenvalue weighted by atomic mass is 16.4. The number of aliphatic carboxylic acids is 1. The molecule has 1 saturated carbocycles. The van der Waals surface area contributed by atoms with Gasteiger partial charge >= 0.3 is 11.7 Å². The molecule has 5 heteroatoms. The molecule has 2 N–H and O–H groups in total. The third kappa shape index (κ3) is 2.52. The largest absolute Gasteiger partial charge is 0.481 e. The van der Waals surface area contributed by atoms with Crippen LogP contribution >= 0.6 is 0 Å². The number of hydrogen-bond donors (Lipinski definition) is 2. The highest BCUT2D eigenvalue weighted by Crippen LogP contribution is 2.44. The van der Waals surface area contributed by atoms with Crippen molar-refractivity contribution in [1.82, 2.24) is 9.55 Å². The first-order valence-corrected chi connectivity index (χ1v) is 6.73. The number of hydrogen-bond acceptors (Lipinski definition) is 2. The van der Waals surface area contributed by atoms with Gasteiger partial charge in [0.15, 0.2) is 0 Å². The van der Waals surface area contributed by atoms with Crippen molar-refractivity contribution in [3.8, 4) is 5.69 Å². The number of benzene rings is 1. The third-order valence-electron chi connectivity index (χ3n) is 3.81. The lowest BCUT2D eigenvalue weighted by Crippen LogP contribution is -2.15. The Hall–Kier alpha value is -2.30. The Morgan fingerprint density at radius 2 is 2.25 bits per heavy atom. The summed E-state index contributed by atoms with van der Waals surface area (Å²) >= 11 is 0. The van der Waals surface area contributed by atoms with Crippen molar-refractivity contribution in [1.29, 1.82) is 0 Å². The molecule has 0 radical (unpaired) electrons. The molecular formula is C15H16N2O3. The van der Waals surface area contributed by atoms with Crippen LogP contribution in [0, 0.1) is 5.92 Å². The summed E-state index contributed by atoms with van der Waals surface area (Å²) in [6.45, 7) is 0. The maximum absolute atomic E-state index is 11.6. The number of nitrogens with zero attached hydrogens (tertiary/aromatic N) is 1. The monoisotopic (exact) mass is 272 g/mol. The highest BCUT2D eigenvalue weighted by molar-refractivity contribution is 5.68. The molecule has 0 aliphatic heterocycles. The molecule has 104 valence electrons. The maximum Gasteiger partial charge on any atom is 0.330 e. The molecule has 1 unspecified atom stereocenters. The van der Waals surface area contributed by atoms with Crippen LogP contribution in [0.1, 0.15) is 30.7 Å². The molecule has 1 aliphatic carbocycles. The first-order chi connectivity index (χ1) is 9.65. The number of aromatic amines is 1. The van der Waals surface area contributed by atoms with Crippen molar-refractivity contribution < 1.29 is 9.90 Å². The number of carboxylic acid groups (broad SMARTS) is 1. The van der Waals surface area contributed by atoms with E-state index in [1.165, 1.54) is 4.57 Å².